The molecule has 2 radical (unpaired) electrons. The van der Waals surface area contributed by atoms with Crippen molar-refractivity contribution in [2.75, 3.05) is 27.3 Å². The van der Waals surface area contributed by atoms with Gasteiger partial charge in [0.25, 0.3) is 0 Å². The topological polar surface area (TPSA) is 137 Å². The Morgan fingerprint density at radius 1 is 0.523 bits per heavy atom. The van der Waals surface area contributed by atoms with E-state index in [0.29, 0.717) is 24.5 Å². The van der Waals surface area contributed by atoms with Crippen molar-refractivity contribution in [3.05, 3.63) is 101 Å². The van der Waals surface area contributed by atoms with E-state index in [-0.39, 0.29) is 111 Å². The maximum Gasteiger partial charge on any atom is 0.343 e. The van der Waals surface area contributed by atoms with Crippen LogP contribution in [0, 0.1) is 44.4 Å². The van der Waals surface area contributed by atoms with Crippen LogP contribution in [0.4, 0.5) is 0 Å². The molecule has 5 saturated carbocycles. The molecule has 4 amide bonds. The number of hydrogen-bond donors (Lipinski definition) is 0. The van der Waals surface area contributed by atoms with Crippen LogP contribution in [0.3, 0.4) is 0 Å². The molecule has 3 aromatic carbocycles. The average molecular weight is 1350 g/mol. The Kier molecular flexibility index (Phi) is 69.2. The molecule has 0 aliphatic heterocycles. The third-order valence-corrected chi connectivity index (χ3v) is 14.7. The van der Waals surface area contributed by atoms with Gasteiger partial charge >= 0.3 is 11.9 Å². The zero-order valence-corrected chi connectivity index (χ0v) is 61.0. The van der Waals surface area contributed by atoms with E-state index < -0.39 is 11.9 Å². The van der Waals surface area contributed by atoms with Crippen LogP contribution in [0.25, 0.3) is 6.08 Å². The minimum atomic E-state index is -0.447. The second-order valence-electron chi connectivity index (χ2n) is 21.8. The predicted octanol–water partition coefficient (Wildman–Crippen LogP) is 20.2. The van der Waals surface area contributed by atoms with Crippen molar-refractivity contribution >= 4 is 41.6 Å². The predicted molar refractivity (Wildman–Crippen MR) is 359 cm³/mol. The standard InChI is InChI=1S/C23H26O5.C10H20.C9H12.2C5H9NO2.4C4H8.C2H6.3CH4.2Y/c1-3-5-6-17-27-20-12-14-21(15-13-20)28-23(25)19-10-7-18(8-11-19)9-16-22(24)26-4-2;1-5-10-8(3)6-7(2)9(10)4;1-7-4-8(2)6-9(3)5-7;2*1-4(7)6(3)5(2)8;4*1-2-4-3-1;1-2;;;;;/h7-16H,3-6,17H2,1-2H3;7-10H,5-6H2,1-4H3;4-6H,1-3H3;2*1-3H3;4*1-4H2;1-2H3;3*1H4;;/b16-9+;;;;;;;;;;;;;;. The molecular formula is C73H126N2O9Y2. The van der Waals surface area contributed by atoms with Crippen LogP contribution in [0.15, 0.2) is 72.8 Å². The Bertz CT molecular complexity index is 2010. The van der Waals surface area contributed by atoms with Crippen LogP contribution < -0.4 is 9.47 Å². The maximum absolute atomic E-state index is 12.3. The molecule has 5 aliphatic rings. The summed E-state index contributed by atoms with van der Waals surface area (Å²) in [4.78, 5) is 66.8. The molecule has 0 saturated heterocycles. The molecule has 5 fully saturated rings. The van der Waals surface area contributed by atoms with Crippen molar-refractivity contribution in [3.8, 4) is 11.5 Å². The summed E-state index contributed by atoms with van der Waals surface area (Å²) in [5.74, 6) is 3.40. The van der Waals surface area contributed by atoms with Gasteiger partial charge < -0.3 is 14.2 Å². The number of imide groups is 2. The average Bonchev–Trinajstić information content (AvgIpc) is 3.59. The molecule has 5 aliphatic carbocycles. The quantitative estimate of drug-likeness (QED) is 0.0795. The van der Waals surface area contributed by atoms with Gasteiger partial charge in [0.1, 0.15) is 11.5 Å². The Balaban J connectivity index is -0.000000179. The number of amides is 4. The van der Waals surface area contributed by atoms with Crippen LogP contribution in [0.5, 0.6) is 11.5 Å². The summed E-state index contributed by atoms with van der Waals surface area (Å²) in [6.45, 7) is 30.2. The number of hydrogen-bond acceptors (Lipinski definition) is 9. The third kappa shape index (κ3) is 50.5. The molecule has 8 rings (SSSR count). The van der Waals surface area contributed by atoms with Gasteiger partial charge in [0.2, 0.25) is 23.6 Å². The third-order valence-electron chi connectivity index (χ3n) is 14.7. The number of carbonyl (C=O) groups excluding carboxylic acids is 6. The number of carbonyl (C=O) groups is 6. The summed E-state index contributed by atoms with van der Waals surface area (Å²) < 4.78 is 15.8. The molecule has 0 aromatic heterocycles. The van der Waals surface area contributed by atoms with Gasteiger partial charge in [-0.25, -0.2) is 9.59 Å². The van der Waals surface area contributed by atoms with E-state index in [1.807, 2.05) is 13.8 Å². The molecule has 0 heterocycles. The smallest absolute Gasteiger partial charge is 0.343 e. The number of benzene rings is 3. The van der Waals surface area contributed by atoms with E-state index in [9.17, 15) is 28.8 Å². The normalized spacial score (nSPS) is 16.2. The first kappa shape index (κ1) is 96.3. The van der Waals surface area contributed by atoms with Crippen LogP contribution in [0.1, 0.15) is 273 Å². The van der Waals surface area contributed by atoms with E-state index in [4.69, 9.17) is 14.2 Å². The Morgan fingerprint density at radius 2 is 0.872 bits per heavy atom. The molecular weight excluding hydrogens is 1230 g/mol. The fraction of sp³-hybridized carbons (Fsp3) is 0.644. The fourth-order valence-electron chi connectivity index (χ4n) is 7.73. The molecule has 0 spiro atoms. The molecule has 86 heavy (non-hydrogen) atoms. The molecule has 0 N–H and O–H groups in total. The first-order valence-corrected chi connectivity index (χ1v) is 31.0. The van der Waals surface area contributed by atoms with E-state index in [0.717, 1.165) is 64.0 Å². The molecule has 3 aromatic rings. The summed E-state index contributed by atoms with van der Waals surface area (Å²) in [6.07, 6.45) is 33.1. The zero-order chi connectivity index (χ0) is 61.5. The molecule has 11 nitrogen and oxygen atoms in total. The first-order valence-electron chi connectivity index (χ1n) is 31.0. The van der Waals surface area contributed by atoms with Gasteiger partial charge in [-0.2, -0.15) is 0 Å². The van der Waals surface area contributed by atoms with Crippen LogP contribution in [-0.4, -0.2) is 72.7 Å². The summed E-state index contributed by atoms with van der Waals surface area (Å²) in [7, 11) is 2.90. The summed E-state index contributed by atoms with van der Waals surface area (Å²) in [5.41, 5.74) is 5.27. The molecule has 13 heteroatoms. The number of aryl methyl sites for hydroxylation is 3. The van der Waals surface area contributed by atoms with E-state index in [2.05, 4.69) is 73.6 Å². The van der Waals surface area contributed by atoms with Crippen molar-refractivity contribution in [2.45, 2.75) is 261 Å². The van der Waals surface area contributed by atoms with Gasteiger partial charge in [0.05, 0.1) is 18.8 Å². The van der Waals surface area contributed by atoms with E-state index in [1.54, 1.807) is 61.5 Å². The van der Waals surface area contributed by atoms with Crippen molar-refractivity contribution in [1.82, 2.24) is 9.80 Å². The maximum atomic E-state index is 12.3. The van der Waals surface area contributed by atoms with Crippen molar-refractivity contribution in [3.63, 3.8) is 0 Å². The fourth-order valence-corrected chi connectivity index (χ4v) is 7.73. The summed E-state index contributed by atoms with van der Waals surface area (Å²) in [6, 6.07) is 20.3. The second kappa shape index (κ2) is 61.8. The van der Waals surface area contributed by atoms with Crippen LogP contribution >= 0.6 is 0 Å². The number of unbranched alkanes of at least 4 members (excludes halogenated alkanes) is 2. The summed E-state index contributed by atoms with van der Waals surface area (Å²) >= 11 is 0. The van der Waals surface area contributed by atoms with Gasteiger partial charge in [0.15, 0.2) is 0 Å². The number of esters is 2. The zero-order valence-electron chi connectivity index (χ0n) is 55.3. The number of nitrogens with zero attached hydrogens (tertiary/aromatic N) is 2. The van der Waals surface area contributed by atoms with Gasteiger partial charge in [0, 0.05) is 113 Å². The van der Waals surface area contributed by atoms with Crippen molar-refractivity contribution in [1.29, 1.82) is 0 Å². The monoisotopic (exact) mass is 1350 g/mol. The van der Waals surface area contributed by atoms with Gasteiger partial charge in [-0.1, -0.05) is 240 Å². The minimum absolute atomic E-state index is 0. The van der Waals surface area contributed by atoms with Gasteiger partial charge in [-0.3, -0.25) is 29.0 Å². The molecule has 4 atom stereocenters. The molecule has 4 unspecified atom stereocenters. The Morgan fingerprint density at radius 3 is 1.13 bits per heavy atom. The largest absolute Gasteiger partial charge is 0.494 e. The van der Waals surface area contributed by atoms with E-state index >= 15 is 0 Å². The Hall–Kier alpha value is -3.37. The van der Waals surface area contributed by atoms with Crippen LogP contribution in [0.2, 0.25) is 0 Å². The minimum Gasteiger partial charge on any atom is -0.494 e. The number of rotatable bonds is 11. The van der Waals surface area contributed by atoms with Crippen molar-refractivity contribution < 1.29 is 108 Å². The molecule has 488 valence electrons. The first-order chi connectivity index (χ1) is 38.6. The van der Waals surface area contributed by atoms with E-state index in [1.165, 1.54) is 180 Å². The van der Waals surface area contributed by atoms with Gasteiger partial charge in [-0.05, 0) is 112 Å². The van der Waals surface area contributed by atoms with Crippen LogP contribution in [-0.2, 0) is 94.1 Å². The van der Waals surface area contributed by atoms with Gasteiger partial charge in [-0.15, -0.1) is 0 Å². The second-order valence-corrected chi connectivity index (χ2v) is 21.8. The number of ether oxygens (including phenoxy) is 3. The molecule has 0 bridgehead atoms. The SMILES string of the molecule is C.C.C.C1CCC1.C1CCC1.C1CCC1.C1CCC1.CC.CC(=O)N(C)C(C)=O.CC(=O)N(C)C(C)=O.CCC1C(C)CC(C)C1C.CCCCCOc1ccc(OC(=O)c2ccc(/C=C/C(=O)OCC)cc2)cc1.Cc1cc(C)cc(C)c1.[Y].[Y]. The van der Waals surface area contributed by atoms with Crippen molar-refractivity contribution in [2.24, 2.45) is 23.7 Å². The summed E-state index contributed by atoms with van der Waals surface area (Å²) in [5, 5.41) is 0. The Labute approximate surface area is 579 Å².